The van der Waals surface area contributed by atoms with Crippen molar-refractivity contribution < 1.29 is 27.2 Å². The molecule has 0 spiro atoms. The first-order chi connectivity index (χ1) is 11.8. The smallest absolute Gasteiger partial charge is 0.396 e. The SMILES string of the molecule is COc1cc(NC(=O)c2ccccc2)c(OC)cc1N=NS(=O)(=O)O. The minimum absolute atomic E-state index is 0.00492. The zero-order valence-electron chi connectivity index (χ0n) is 13.3. The van der Waals surface area contributed by atoms with Crippen LogP contribution in [0.3, 0.4) is 0 Å². The second kappa shape index (κ2) is 7.73. The fourth-order valence-electron chi connectivity index (χ4n) is 1.94. The molecule has 2 rings (SSSR count). The van der Waals surface area contributed by atoms with Gasteiger partial charge in [0.2, 0.25) is 0 Å². The number of ether oxygens (including phenoxy) is 2. The maximum absolute atomic E-state index is 12.3. The molecule has 2 aromatic carbocycles. The van der Waals surface area contributed by atoms with E-state index >= 15 is 0 Å². The molecule has 0 atom stereocenters. The number of anilines is 1. The highest BCUT2D eigenvalue weighted by Gasteiger charge is 2.15. The van der Waals surface area contributed by atoms with Crippen molar-refractivity contribution in [3.05, 3.63) is 48.0 Å². The molecule has 0 heterocycles. The first-order valence-corrected chi connectivity index (χ1v) is 8.26. The summed E-state index contributed by atoms with van der Waals surface area (Å²) < 4.78 is 43.1. The van der Waals surface area contributed by atoms with Crippen LogP contribution in [0, 0.1) is 0 Å². The first kappa shape index (κ1) is 18.4. The summed E-state index contributed by atoms with van der Waals surface area (Å²) in [7, 11) is -1.94. The van der Waals surface area contributed by atoms with Crippen molar-refractivity contribution in [2.45, 2.75) is 0 Å². The molecule has 0 radical (unpaired) electrons. The van der Waals surface area contributed by atoms with Gasteiger partial charge in [0.1, 0.15) is 17.2 Å². The van der Waals surface area contributed by atoms with Crippen molar-refractivity contribution in [3.8, 4) is 11.5 Å². The fraction of sp³-hybridized carbons (Fsp3) is 0.133. The van der Waals surface area contributed by atoms with Gasteiger partial charge in [-0.3, -0.25) is 9.35 Å². The topological polar surface area (TPSA) is 127 Å². The van der Waals surface area contributed by atoms with Gasteiger partial charge in [0.05, 0.1) is 19.9 Å². The predicted octanol–water partition coefficient (Wildman–Crippen LogP) is 2.84. The van der Waals surface area contributed by atoms with Crippen LogP contribution in [0.15, 0.2) is 52.1 Å². The summed E-state index contributed by atoms with van der Waals surface area (Å²) >= 11 is 0. The number of amides is 1. The van der Waals surface area contributed by atoms with Gasteiger partial charge in [-0.05, 0) is 16.7 Å². The van der Waals surface area contributed by atoms with E-state index in [4.69, 9.17) is 14.0 Å². The molecule has 0 bridgehead atoms. The Labute approximate surface area is 144 Å². The van der Waals surface area contributed by atoms with Gasteiger partial charge in [0.15, 0.2) is 0 Å². The number of nitrogens with one attached hydrogen (secondary N) is 1. The maximum Gasteiger partial charge on any atom is 0.396 e. The van der Waals surface area contributed by atoms with E-state index in [-0.39, 0.29) is 23.1 Å². The molecule has 0 unspecified atom stereocenters. The second-order valence-corrected chi connectivity index (χ2v) is 5.73. The third-order valence-corrected chi connectivity index (χ3v) is 3.32. The molecule has 0 saturated heterocycles. The summed E-state index contributed by atoms with van der Waals surface area (Å²) in [5.41, 5.74) is 0.729. The van der Waals surface area contributed by atoms with Crippen LogP contribution in [0.2, 0.25) is 0 Å². The minimum atomic E-state index is -4.64. The molecule has 10 heteroatoms. The zero-order chi connectivity index (χ0) is 18.4. The van der Waals surface area contributed by atoms with E-state index in [9.17, 15) is 13.2 Å². The molecule has 0 aromatic heterocycles. The highest BCUT2D eigenvalue weighted by molar-refractivity contribution is 7.84. The Kier molecular flexibility index (Phi) is 5.67. The second-order valence-electron chi connectivity index (χ2n) is 4.67. The Bertz CT molecular complexity index is 897. The largest absolute Gasteiger partial charge is 0.494 e. The number of carbonyl (C=O) groups is 1. The van der Waals surface area contributed by atoms with Crippen molar-refractivity contribution in [1.29, 1.82) is 0 Å². The Hall–Kier alpha value is -2.98. The molecule has 1 amide bonds. The summed E-state index contributed by atoms with van der Waals surface area (Å²) in [4.78, 5) is 12.3. The Morgan fingerprint density at radius 3 is 2.28 bits per heavy atom. The normalized spacial score (nSPS) is 11.3. The van der Waals surface area contributed by atoms with E-state index in [1.807, 2.05) is 0 Å². The first-order valence-electron chi connectivity index (χ1n) is 6.87. The molecular weight excluding hydrogens is 350 g/mol. The molecule has 2 aromatic rings. The summed E-state index contributed by atoms with van der Waals surface area (Å²) in [5.74, 6) is -0.0424. The van der Waals surface area contributed by atoms with Crippen molar-refractivity contribution in [3.63, 3.8) is 0 Å². The third kappa shape index (κ3) is 4.99. The Morgan fingerprint density at radius 2 is 1.72 bits per heavy atom. The quantitative estimate of drug-likeness (QED) is 0.598. The highest BCUT2D eigenvalue weighted by atomic mass is 32.2. The number of rotatable bonds is 6. The van der Waals surface area contributed by atoms with Gasteiger partial charge in [-0.2, -0.15) is 8.42 Å². The zero-order valence-corrected chi connectivity index (χ0v) is 14.1. The van der Waals surface area contributed by atoms with Crippen molar-refractivity contribution in [1.82, 2.24) is 0 Å². The van der Waals surface area contributed by atoms with Gasteiger partial charge in [-0.15, -0.1) is 5.11 Å². The number of methoxy groups -OCH3 is 2. The predicted molar refractivity (Wildman–Crippen MR) is 90.0 cm³/mol. The van der Waals surface area contributed by atoms with Gasteiger partial charge in [-0.25, -0.2) is 0 Å². The number of carbonyl (C=O) groups excluding carboxylic acids is 1. The monoisotopic (exact) mass is 365 g/mol. The number of hydrogen-bond donors (Lipinski definition) is 2. The fourth-order valence-corrected chi connectivity index (χ4v) is 2.13. The number of nitrogens with zero attached hydrogens (tertiary/aromatic N) is 2. The molecule has 25 heavy (non-hydrogen) atoms. The standard InChI is InChI=1S/C15H15N3O6S/c1-23-13-9-12(17-18-25(20,21)22)14(24-2)8-11(13)16-15(19)10-6-4-3-5-7-10/h3-9H,1-2H3,(H,16,19)(H,20,21,22). The summed E-state index contributed by atoms with van der Waals surface area (Å²) in [5, 5.41) is 6.07. The molecule has 0 aliphatic rings. The highest BCUT2D eigenvalue weighted by Crippen LogP contribution is 2.38. The lowest BCUT2D eigenvalue weighted by Crippen LogP contribution is -2.12. The van der Waals surface area contributed by atoms with Crippen LogP contribution >= 0.6 is 0 Å². The third-order valence-electron chi connectivity index (χ3n) is 3.04. The molecule has 2 N–H and O–H groups in total. The lowest BCUT2D eigenvalue weighted by Gasteiger charge is -2.13. The van der Waals surface area contributed by atoms with Gasteiger partial charge < -0.3 is 14.8 Å². The minimum Gasteiger partial charge on any atom is -0.494 e. The Morgan fingerprint density at radius 1 is 1.08 bits per heavy atom. The molecule has 0 aliphatic heterocycles. The van der Waals surface area contributed by atoms with Crippen LogP contribution in [0.5, 0.6) is 11.5 Å². The lowest BCUT2D eigenvalue weighted by molar-refractivity contribution is 0.102. The van der Waals surface area contributed by atoms with Crippen LogP contribution in [0.1, 0.15) is 10.4 Å². The molecule has 0 saturated carbocycles. The van der Waals surface area contributed by atoms with Gasteiger partial charge in [0, 0.05) is 17.7 Å². The lowest BCUT2D eigenvalue weighted by atomic mass is 10.2. The van der Waals surface area contributed by atoms with Gasteiger partial charge in [-0.1, -0.05) is 18.2 Å². The number of hydrogen-bond acceptors (Lipinski definition) is 6. The van der Waals surface area contributed by atoms with Crippen LogP contribution in [-0.4, -0.2) is 33.1 Å². The summed E-state index contributed by atoms with van der Waals surface area (Å²) in [6.07, 6.45) is 0. The van der Waals surface area contributed by atoms with E-state index in [0.29, 0.717) is 11.3 Å². The molecule has 0 fully saturated rings. The average molecular weight is 365 g/mol. The van der Waals surface area contributed by atoms with Gasteiger partial charge >= 0.3 is 10.3 Å². The molecule has 9 nitrogen and oxygen atoms in total. The van der Waals surface area contributed by atoms with Gasteiger partial charge in [0.25, 0.3) is 5.91 Å². The molecule has 0 aliphatic carbocycles. The van der Waals surface area contributed by atoms with Crippen molar-refractivity contribution in [2.24, 2.45) is 9.63 Å². The van der Waals surface area contributed by atoms with Crippen molar-refractivity contribution >= 4 is 27.6 Å². The van der Waals surface area contributed by atoms with E-state index < -0.39 is 10.3 Å². The maximum atomic E-state index is 12.3. The Balaban J connectivity index is 2.39. The van der Waals surface area contributed by atoms with Crippen LogP contribution in [0.4, 0.5) is 11.4 Å². The van der Waals surface area contributed by atoms with E-state index in [1.54, 1.807) is 30.3 Å². The van der Waals surface area contributed by atoms with E-state index in [1.165, 1.54) is 26.4 Å². The van der Waals surface area contributed by atoms with Crippen LogP contribution in [-0.2, 0) is 10.3 Å². The van der Waals surface area contributed by atoms with E-state index in [0.717, 1.165) is 0 Å². The van der Waals surface area contributed by atoms with Crippen LogP contribution in [0.25, 0.3) is 0 Å². The summed E-state index contributed by atoms with van der Waals surface area (Å²) in [6, 6.07) is 11.3. The van der Waals surface area contributed by atoms with E-state index in [2.05, 4.69) is 15.0 Å². The molecular formula is C15H15N3O6S. The van der Waals surface area contributed by atoms with Crippen LogP contribution < -0.4 is 14.8 Å². The summed E-state index contributed by atoms with van der Waals surface area (Å²) in [6.45, 7) is 0. The number of benzene rings is 2. The average Bonchev–Trinajstić information content (AvgIpc) is 2.60. The molecule has 132 valence electrons. The van der Waals surface area contributed by atoms with Crippen molar-refractivity contribution in [2.75, 3.05) is 19.5 Å².